The molecule has 0 unspecified atom stereocenters. The van der Waals surface area contributed by atoms with Crippen molar-refractivity contribution in [3.05, 3.63) is 58.6 Å². The van der Waals surface area contributed by atoms with Gasteiger partial charge in [0.15, 0.2) is 11.5 Å². The third-order valence-corrected chi connectivity index (χ3v) is 4.71. The average molecular weight is 354 g/mol. The number of hydrogen-bond acceptors (Lipinski definition) is 3. The average Bonchev–Trinajstić information content (AvgIpc) is 3.14. The summed E-state index contributed by atoms with van der Waals surface area (Å²) in [4.78, 5) is 0. The van der Waals surface area contributed by atoms with E-state index in [0.29, 0.717) is 16.3 Å². The first-order valence-corrected chi connectivity index (χ1v) is 8.80. The van der Waals surface area contributed by atoms with E-state index in [-0.39, 0.29) is 6.10 Å². The lowest BCUT2D eigenvalue weighted by Gasteiger charge is -2.16. The molecule has 1 saturated carbocycles. The van der Waals surface area contributed by atoms with E-state index in [4.69, 9.17) is 21.1 Å². The fourth-order valence-electron chi connectivity index (χ4n) is 3.08. The van der Waals surface area contributed by atoms with Crippen molar-refractivity contribution in [2.75, 3.05) is 7.11 Å². The van der Waals surface area contributed by atoms with E-state index < -0.39 is 0 Å². The minimum absolute atomic E-state index is 0.243. The first-order valence-electron chi connectivity index (χ1n) is 8.42. The summed E-state index contributed by atoms with van der Waals surface area (Å²) in [5.74, 6) is 1.43. The lowest BCUT2D eigenvalue weighted by atomic mass is 10.0. The third-order valence-electron chi connectivity index (χ3n) is 4.38. The molecule has 25 heavy (non-hydrogen) atoms. The molecule has 128 valence electrons. The van der Waals surface area contributed by atoms with Gasteiger partial charge in [-0.3, -0.25) is 0 Å². The van der Waals surface area contributed by atoms with Gasteiger partial charge in [0.2, 0.25) is 0 Å². The number of benzene rings is 2. The second-order valence-corrected chi connectivity index (χ2v) is 6.49. The van der Waals surface area contributed by atoms with Crippen molar-refractivity contribution < 1.29 is 9.47 Å². The number of hydrogen-bond donors (Lipinski definition) is 0. The van der Waals surface area contributed by atoms with Gasteiger partial charge in [0.25, 0.3) is 0 Å². The van der Waals surface area contributed by atoms with E-state index in [1.54, 1.807) is 13.2 Å². The van der Waals surface area contributed by atoms with E-state index >= 15 is 0 Å². The Morgan fingerprint density at radius 3 is 2.60 bits per heavy atom. The monoisotopic (exact) mass is 353 g/mol. The van der Waals surface area contributed by atoms with Crippen molar-refractivity contribution in [2.24, 2.45) is 0 Å². The first kappa shape index (κ1) is 17.4. The zero-order valence-electron chi connectivity index (χ0n) is 14.2. The standard InChI is InChI=1S/C21H20ClNO2/c1-24-20-11-10-15(13-21(20)25-17-6-2-3-7-17)12-16(14-23)18-8-4-5-9-19(18)22/h4-5,8-13,17H,2-3,6-7H2,1H3/b16-12+. The van der Waals surface area contributed by atoms with Gasteiger partial charge in [0, 0.05) is 10.6 Å². The van der Waals surface area contributed by atoms with Crippen LogP contribution in [0.25, 0.3) is 11.6 Å². The Labute approximate surface area is 153 Å². The van der Waals surface area contributed by atoms with Gasteiger partial charge < -0.3 is 9.47 Å². The van der Waals surface area contributed by atoms with Crippen LogP contribution in [0.15, 0.2) is 42.5 Å². The summed E-state index contributed by atoms with van der Waals surface area (Å²) in [5.41, 5.74) is 2.12. The molecule has 3 nitrogen and oxygen atoms in total. The summed E-state index contributed by atoms with van der Waals surface area (Å²) in [7, 11) is 1.64. The van der Waals surface area contributed by atoms with Crippen molar-refractivity contribution in [3.8, 4) is 17.6 Å². The van der Waals surface area contributed by atoms with Crippen LogP contribution in [-0.2, 0) is 0 Å². The first-order chi connectivity index (χ1) is 12.2. The van der Waals surface area contributed by atoms with Gasteiger partial charge in [-0.1, -0.05) is 35.9 Å². The summed E-state index contributed by atoms with van der Waals surface area (Å²) >= 11 is 6.22. The molecule has 0 N–H and O–H groups in total. The second kappa shape index (κ2) is 8.09. The van der Waals surface area contributed by atoms with Gasteiger partial charge in [-0.15, -0.1) is 0 Å². The number of ether oxygens (including phenoxy) is 2. The Morgan fingerprint density at radius 1 is 1.16 bits per heavy atom. The largest absolute Gasteiger partial charge is 0.493 e. The molecule has 0 heterocycles. The molecule has 0 aliphatic heterocycles. The molecule has 0 spiro atoms. The highest BCUT2D eigenvalue weighted by Gasteiger charge is 2.18. The van der Waals surface area contributed by atoms with Crippen LogP contribution in [0.2, 0.25) is 5.02 Å². The number of nitrogens with zero attached hydrogens (tertiary/aromatic N) is 1. The van der Waals surface area contributed by atoms with Gasteiger partial charge >= 0.3 is 0 Å². The van der Waals surface area contributed by atoms with Gasteiger partial charge in [-0.2, -0.15) is 5.26 Å². The van der Waals surface area contributed by atoms with Crippen molar-refractivity contribution in [2.45, 2.75) is 31.8 Å². The molecule has 1 aliphatic rings. The van der Waals surface area contributed by atoms with E-state index in [0.717, 1.165) is 29.7 Å². The Balaban J connectivity index is 1.93. The van der Waals surface area contributed by atoms with Gasteiger partial charge in [-0.05, 0) is 55.5 Å². The number of rotatable bonds is 5. The zero-order chi connectivity index (χ0) is 17.6. The van der Waals surface area contributed by atoms with Crippen LogP contribution >= 0.6 is 11.6 Å². The molecule has 0 atom stereocenters. The smallest absolute Gasteiger partial charge is 0.162 e. The van der Waals surface area contributed by atoms with Crippen molar-refractivity contribution in [1.82, 2.24) is 0 Å². The predicted octanol–water partition coefficient (Wildman–Crippen LogP) is 5.73. The molecule has 2 aromatic rings. The molecule has 0 radical (unpaired) electrons. The van der Waals surface area contributed by atoms with Crippen molar-refractivity contribution in [3.63, 3.8) is 0 Å². The molecule has 0 aromatic heterocycles. The van der Waals surface area contributed by atoms with Crippen LogP contribution in [0.4, 0.5) is 0 Å². The molecule has 4 heteroatoms. The van der Waals surface area contributed by atoms with Crippen molar-refractivity contribution in [1.29, 1.82) is 5.26 Å². The van der Waals surface area contributed by atoms with Gasteiger partial charge in [0.05, 0.1) is 24.9 Å². The Bertz CT molecular complexity index is 817. The molecule has 1 fully saturated rings. The number of nitriles is 1. The summed E-state index contributed by atoms with van der Waals surface area (Å²) in [6.45, 7) is 0. The zero-order valence-corrected chi connectivity index (χ0v) is 14.9. The van der Waals surface area contributed by atoms with Crippen LogP contribution in [0.3, 0.4) is 0 Å². The van der Waals surface area contributed by atoms with E-state index in [1.165, 1.54) is 12.8 Å². The summed E-state index contributed by atoms with van der Waals surface area (Å²) in [6, 6.07) is 15.3. The number of halogens is 1. The minimum Gasteiger partial charge on any atom is -0.493 e. The maximum atomic E-state index is 9.53. The number of methoxy groups -OCH3 is 1. The highest BCUT2D eigenvalue weighted by atomic mass is 35.5. The van der Waals surface area contributed by atoms with Crippen molar-refractivity contribution >= 4 is 23.3 Å². The fourth-order valence-corrected chi connectivity index (χ4v) is 3.32. The van der Waals surface area contributed by atoms with Crippen LogP contribution in [0.1, 0.15) is 36.8 Å². The molecular formula is C21H20ClNO2. The van der Waals surface area contributed by atoms with Crippen LogP contribution in [0, 0.1) is 11.3 Å². The SMILES string of the molecule is COc1ccc(/C=C(\C#N)c2ccccc2Cl)cc1OC1CCCC1. The molecule has 0 amide bonds. The summed E-state index contributed by atoms with van der Waals surface area (Å²) in [5, 5.41) is 10.1. The highest BCUT2D eigenvalue weighted by molar-refractivity contribution is 6.32. The third kappa shape index (κ3) is 4.15. The fraction of sp³-hybridized carbons (Fsp3) is 0.286. The van der Waals surface area contributed by atoms with Crippen LogP contribution < -0.4 is 9.47 Å². The van der Waals surface area contributed by atoms with Crippen LogP contribution in [0.5, 0.6) is 11.5 Å². The Morgan fingerprint density at radius 2 is 1.92 bits per heavy atom. The Hall–Kier alpha value is -2.44. The predicted molar refractivity (Wildman–Crippen MR) is 101 cm³/mol. The molecule has 0 saturated heterocycles. The molecule has 2 aromatic carbocycles. The second-order valence-electron chi connectivity index (χ2n) is 6.08. The summed E-state index contributed by atoms with van der Waals surface area (Å²) in [6.07, 6.45) is 6.63. The van der Waals surface area contributed by atoms with Gasteiger partial charge in [-0.25, -0.2) is 0 Å². The normalized spacial score (nSPS) is 15.0. The Kier molecular flexibility index (Phi) is 5.63. The van der Waals surface area contributed by atoms with E-state index in [9.17, 15) is 5.26 Å². The minimum atomic E-state index is 0.243. The lowest BCUT2D eigenvalue weighted by molar-refractivity contribution is 0.201. The van der Waals surface area contributed by atoms with Gasteiger partial charge in [0.1, 0.15) is 0 Å². The maximum Gasteiger partial charge on any atom is 0.162 e. The van der Waals surface area contributed by atoms with Crippen LogP contribution in [-0.4, -0.2) is 13.2 Å². The molecule has 1 aliphatic carbocycles. The van der Waals surface area contributed by atoms with E-state index in [1.807, 2.05) is 42.5 Å². The topological polar surface area (TPSA) is 42.2 Å². The van der Waals surface area contributed by atoms with E-state index in [2.05, 4.69) is 6.07 Å². The number of allylic oxidation sites excluding steroid dienone is 1. The maximum absolute atomic E-state index is 9.53. The quantitative estimate of drug-likeness (QED) is 0.509. The summed E-state index contributed by atoms with van der Waals surface area (Å²) < 4.78 is 11.5. The molecule has 0 bridgehead atoms. The highest BCUT2D eigenvalue weighted by Crippen LogP contribution is 2.34. The molecule has 3 rings (SSSR count). The lowest BCUT2D eigenvalue weighted by Crippen LogP contribution is -2.11. The molecular weight excluding hydrogens is 334 g/mol.